The monoisotopic (exact) mass is 284 g/mol. The topological polar surface area (TPSA) is 49.7 Å². The second-order valence-corrected chi connectivity index (χ2v) is 5.88. The van der Waals surface area contributed by atoms with Crippen LogP contribution in [0.4, 0.5) is 0 Å². The Morgan fingerprint density at radius 3 is 1.33 bits per heavy atom. The fraction of sp³-hybridized carbons (Fsp3) is 0.333. The van der Waals surface area contributed by atoms with E-state index in [0.29, 0.717) is 11.8 Å². The van der Waals surface area contributed by atoms with Gasteiger partial charge in [0.1, 0.15) is 11.5 Å². The molecule has 1 heterocycles. The highest BCUT2D eigenvalue weighted by Gasteiger charge is 2.40. The van der Waals surface area contributed by atoms with Crippen LogP contribution in [0.2, 0.25) is 0 Å². The molecule has 2 aromatic rings. The van der Waals surface area contributed by atoms with E-state index >= 15 is 0 Å². The van der Waals surface area contributed by atoms with Crippen LogP contribution < -0.4 is 0 Å². The Morgan fingerprint density at radius 1 is 0.667 bits per heavy atom. The van der Waals surface area contributed by atoms with Crippen molar-refractivity contribution in [2.24, 2.45) is 11.8 Å². The van der Waals surface area contributed by atoms with E-state index in [4.69, 9.17) is 4.74 Å². The molecule has 0 spiro atoms. The Bertz CT molecular complexity index is 548. The molecular formula is C18H20O3. The Morgan fingerprint density at radius 2 is 1.00 bits per heavy atom. The molecule has 0 aliphatic carbocycles. The lowest BCUT2D eigenvalue weighted by Crippen LogP contribution is -2.09. The van der Waals surface area contributed by atoms with Crippen molar-refractivity contribution in [1.82, 2.24) is 0 Å². The summed E-state index contributed by atoms with van der Waals surface area (Å²) in [4.78, 5) is 0. The maximum Gasteiger partial charge on any atom is 0.115 e. The summed E-state index contributed by atoms with van der Waals surface area (Å²) >= 11 is 0. The highest BCUT2D eigenvalue weighted by Crippen LogP contribution is 2.49. The fourth-order valence-electron chi connectivity index (χ4n) is 3.05. The second-order valence-electron chi connectivity index (χ2n) is 5.88. The zero-order valence-electron chi connectivity index (χ0n) is 12.2. The number of phenolic OH excluding ortho intramolecular Hbond substituents is 2. The van der Waals surface area contributed by atoms with Gasteiger partial charge in [-0.05, 0) is 47.2 Å². The van der Waals surface area contributed by atoms with Crippen molar-refractivity contribution in [1.29, 1.82) is 0 Å². The number of benzene rings is 2. The zero-order valence-corrected chi connectivity index (χ0v) is 12.2. The van der Waals surface area contributed by atoms with Crippen molar-refractivity contribution in [2.75, 3.05) is 0 Å². The van der Waals surface area contributed by atoms with Gasteiger partial charge in [0.15, 0.2) is 0 Å². The molecule has 1 unspecified atom stereocenters. The largest absolute Gasteiger partial charge is 0.508 e. The van der Waals surface area contributed by atoms with Gasteiger partial charge in [-0.3, -0.25) is 0 Å². The molecule has 1 aliphatic rings. The summed E-state index contributed by atoms with van der Waals surface area (Å²) in [5.41, 5.74) is 2.18. The number of rotatable bonds is 2. The van der Waals surface area contributed by atoms with E-state index in [0.717, 1.165) is 11.1 Å². The first-order chi connectivity index (χ1) is 10.1. The van der Waals surface area contributed by atoms with Gasteiger partial charge in [0.25, 0.3) is 0 Å². The van der Waals surface area contributed by atoms with Crippen molar-refractivity contribution in [3.8, 4) is 11.5 Å². The van der Waals surface area contributed by atoms with Crippen LogP contribution in [0.3, 0.4) is 0 Å². The van der Waals surface area contributed by atoms with Crippen LogP contribution in [0.1, 0.15) is 37.2 Å². The first kappa shape index (κ1) is 14.0. The fourth-order valence-corrected chi connectivity index (χ4v) is 3.05. The minimum Gasteiger partial charge on any atom is -0.508 e. The van der Waals surface area contributed by atoms with Crippen molar-refractivity contribution >= 4 is 0 Å². The SMILES string of the molecule is C[C@H]1[C@H](c2ccc(O)cc2)OC(c2ccc(O)cc2)[C@@H]1C. The van der Waals surface area contributed by atoms with Gasteiger partial charge in [-0.25, -0.2) is 0 Å². The first-order valence-corrected chi connectivity index (χ1v) is 7.29. The van der Waals surface area contributed by atoms with E-state index in [1.54, 1.807) is 24.3 Å². The Kier molecular flexibility index (Phi) is 3.60. The molecule has 3 heteroatoms. The Balaban J connectivity index is 1.86. The van der Waals surface area contributed by atoms with Gasteiger partial charge in [-0.15, -0.1) is 0 Å². The highest BCUT2D eigenvalue weighted by molar-refractivity contribution is 5.31. The molecule has 3 nitrogen and oxygen atoms in total. The van der Waals surface area contributed by atoms with Crippen molar-refractivity contribution in [3.05, 3.63) is 59.7 Å². The second kappa shape index (κ2) is 5.41. The van der Waals surface area contributed by atoms with Crippen LogP contribution in [0.15, 0.2) is 48.5 Å². The minimum absolute atomic E-state index is 0.0272. The molecule has 0 aromatic heterocycles. The smallest absolute Gasteiger partial charge is 0.115 e. The van der Waals surface area contributed by atoms with Crippen LogP contribution in [-0.4, -0.2) is 10.2 Å². The van der Waals surface area contributed by atoms with Crippen molar-refractivity contribution in [2.45, 2.75) is 26.1 Å². The average molecular weight is 284 g/mol. The maximum atomic E-state index is 9.41. The summed E-state index contributed by atoms with van der Waals surface area (Å²) < 4.78 is 6.27. The molecule has 0 saturated carbocycles. The van der Waals surface area contributed by atoms with E-state index in [-0.39, 0.29) is 23.7 Å². The normalized spacial score (nSPS) is 28.7. The average Bonchev–Trinajstić information content (AvgIpc) is 2.78. The van der Waals surface area contributed by atoms with Crippen LogP contribution >= 0.6 is 0 Å². The molecule has 0 amide bonds. The molecule has 0 bridgehead atoms. The number of phenols is 2. The molecule has 1 aliphatic heterocycles. The third-order valence-electron chi connectivity index (χ3n) is 4.52. The molecule has 0 radical (unpaired) electrons. The van der Waals surface area contributed by atoms with E-state index in [1.165, 1.54) is 0 Å². The van der Waals surface area contributed by atoms with Gasteiger partial charge < -0.3 is 14.9 Å². The van der Waals surface area contributed by atoms with E-state index in [9.17, 15) is 10.2 Å². The lowest BCUT2D eigenvalue weighted by Gasteiger charge is -2.16. The molecule has 2 N–H and O–H groups in total. The molecule has 2 aromatic carbocycles. The van der Waals surface area contributed by atoms with E-state index in [1.807, 2.05) is 24.3 Å². The Labute approximate surface area is 124 Å². The van der Waals surface area contributed by atoms with Gasteiger partial charge in [-0.2, -0.15) is 0 Å². The number of aromatic hydroxyl groups is 2. The van der Waals surface area contributed by atoms with Gasteiger partial charge in [-0.1, -0.05) is 38.1 Å². The third-order valence-corrected chi connectivity index (χ3v) is 4.52. The molecule has 1 fully saturated rings. The predicted octanol–water partition coefficient (Wildman–Crippen LogP) is 4.18. The quantitative estimate of drug-likeness (QED) is 0.869. The van der Waals surface area contributed by atoms with Crippen LogP contribution in [0.25, 0.3) is 0 Å². The summed E-state index contributed by atoms with van der Waals surface area (Å²) in [6.45, 7) is 4.39. The number of hydrogen-bond acceptors (Lipinski definition) is 3. The minimum atomic E-state index is 0.0272. The summed E-state index contributed by atoms with van der Waals surface area (Å²) in [7, 11) is 0. The Hall–Kier alpha value is -2.00. The molecule has 3 rings (SSSR count). The van der Waals surface area contributed by atoms with E-state index in [2.05, 4.69) is 13.8 Å². The molecule has 110 valence electrons. The zero-order chi connectivity index (χ0) is 15.0. The summed E-state index contributed by atoms with van der Waals surface area (Å²) in [6, 6.07) is 14.5. The lowest BCUT2D eigenvalue weighted by atomic mass is 9.85. The van der Waals surface area contributed by atoms with E-state index < -0.39 is 0 Å². The number of ether oxygens (including phenoxy) is 1. The lowest BCUT2D eigenvalue weighted by molar-refractivity contribution is 0.0290. The predicted molar refractivity (Wildman–Crippen MR) is 81.1 cm³/mol. The number of hydrogen-bond donors (Lipinski definition) is 2. The van der Waals surface area contributed by atoms with Crippen LogP contribution in [0.5, 0.6) is 11.5 Å². The maximum absolute atomic E-state index is 9.41. The van der Waals surface area contributed by atoms with Gasteiger partial charge in [0, 0.05) is 0 Å². The van der Waals surface area contributed by atoms with Gasteiger partial charge >= 0.3 is 0 Å². The van der Waals surface area contributed by atoms with Gasteiger partial charge in [0.2, 0.25) is 0 Å². The van der Waals surface area contributed by atoms with Crippen LogP contribution in [-0.2, 0) is 4.74 Å². The summed E-state index contributed by atoms with van der Waals surface area (Å²) in [5, 5.41) is 18.8. The molecule has 21 heavy (non-hydrogen) atoms. The van der Waals surface area contributed by atoms with Crippen molar-refractivity contribution < 1.29 is 14.9 Å². The summed E-state index contributed by atoms with van der Waals surface area (Å²) in [5.74, 6) is 1.31. The van der Waals surface area contributed by atoms with Gasteiger partial charge in [0.05, 0.1) is 12.2 Å². The summed E-state index contributed by atoms with van der Waals surface area (Å²) in [6.07, 6.45) is 0.0545. The third kappa shape index (κ3) is 2.61. The highest BCUT2D eigenvalue weighted by atomic mass is 16.5. The first-order valence-electron chi connectivity index (χ1n) is 7.29. The standard InChI is InChI=1S/C18H20O3/c1-11-12(2)18(14-5-9-16(20)10-6-14)21-17(11)13-3-7-15(19)8-4-13/h3-12,17-20H,1-2H3/t11-,12-,17-,18?/m1/s1. The van der Waals surface area contributed by atoms with Crippen LogP contribution in [0, 0.1) is 11.8 Å². The molecular weight excluding hydrogens is 264 g/mol. The molecule has 4 atom stereocenters. The van der Waals surface area contributed by atoms with Crippen molar-refractivity contribution in [3.63, 3.8) is 0 Å². The molecule has 1 saturated heterocycles.